The second-order valence-corrected chi connectivity index (χ2v) is 13.0. The van der Waals surface area contributed by atoms with E-state index in [9.17, 15) is 9.59 Å². The van der Waals surface area contributed by atoms with Gasteiger partial charge in [-0.15, -0.1) is 0 Å². The lowest BCUT2D eigenvalue weighted by Crippen LogP contribution is -1.93. The first kappa shape index (κ1) is 48.3. The molecular formula is C39H80O6. The van der Waals surface area contributed by atoms with Crippen LogP contribution in [-0.4, -0.2) is 45.6 Å². The Morgan fingerprint density at radius 1 is 0.311 bits per heavy atom. The van der Waals surface area contributed by atoms with E-state index in [1.807, 2.05) is 0 Å². The average Bonchev–Trinajstić information content (AvgIpc) is 3.02. The number of aliphatic hydroxyl groups excluding tert-OH is 2. The minimum atomic E-state index is -0.653. The van der Waals surface area contributed by atoms with Crippen LogP contribution in [0.2, 0.25) is 0 Å². The molecule has 0 amide bonds. The molecule has 0 aliphatic carbocycles. The van der Waals surface area contributed by atoms with Crippen molar-refractivity contribution in [2.45, 2.75) is 226 Å². The first-order chi connectivity index (χ1) is 22.0. The second-order valence-electron chi connectivity index (χ2n) is 13.0. The summed E-state index contributed by atoms with van der Waals surface area (Å²) >= 11 is 0. The molecule has 0 aromatic heterocycles. The molecule has 0 rings (SSSR count). The number of carbonyl (C=O) groups is 2. The van der Waals surface area contributed by atoms with Crippen LogP contribution in [0.3, 0.4) is 0 Å². The van der Waals surface area contributed by atoms with Crippen LogP contribution in [0, 0.1) is 0 Å². The molecular weight excluding hydrogens is 564 g/mol. The van der Waals surface area contributed by atoms with Crippen LogP contribution in [0.25, 0.3) is 0 Å². The predicted molar refractivity (Wildman–Crippen MR) is 193 cm³/mol. The highest BCUT2D eigenvalue weighted by atomic mass is 16.4. The van der Waals surface area contributed by atoms with Gasteiger partial charge in [0.05, 0.1) is 0 Å². The maximum atomic E-state index is 10.3. The van der Waals surface area contributed by atoms with Gasteiger partial charge >= 0.3 is 11.9 Å². The Bertz CT molecular complexity index is 494. The topological polar surface area (TPSA) is 115 Å². The molecule has 4 N–H and O–H groups in total. The molecule has 0 fully saturated rings. The number of hydrogen-bond acceptors (Lipinski definition) is 4. The van der Waals surface area contributed by atoms with E-state index >= 15 is 0 Å². The second kappa shape index (κ2) is 47.3. The number of carboxylic acid groups (broad SMARTS) is 2. The Morgan fingerprint density at radius 2 is 0.489 bits per heavy atom. The van der Waals surface area contributed by atoms with E-state index in [0.29, 0.717) is 19.3 Å². The normalized spacial score (nSPS) is 10.6. The maximum Gasteiger partial charge on any atom is 0.303 e. The van der Waals surface area contributed by atoms with Gasteiger partial charge in [0, 0.05) is 26.1 Å². The molecule has 272 valence electrons. The zero-order chi connectivity index (χ0) is 33.9. The van der Waals surface area contributed by atoms with Gasteiger partial charge in [0.15, 0.2) is 0 Å². The lowest BCUT2D eigenvalue weighted by atomic mass is 10.0. The number of rotatable bonds is 34. The fourth-order valence-electron chi connectivity index (χ4n) is 5.37. The molecule has 0 aromatic carbocycles. The molecule has 6 heteroatoms. The van der Waals surface area contributed by atoms with E-state index in [2.05, 4.69) is 13.8 Å². The standard InChI is InChI=1S/2C18H36O2.C3H8O2/c2*1-2-3-4-5-6-7-8-9-10-11-12-13-14-15-16-17-18(19)20;4-2-1-3-5/h2*2-17H2,1H3,(H,19,20);4-5H,1-3H2. The Kier molecular flexibility index (Phi) is 50.7. The fourth-order valence-corrected chi connectivity index (χ4v) is 5.37. The van der Waals surface area contributed by atoms with Gasteiger partial charge in [-0.2, -0.15) is 0 Å². The van der Waals surface area contributed by atoms with Crippen LogP contribution < -0.4 is 0 Å². The third-order valence-corrected chi connectivity index (χ3v) is 8.30. The van der Waals surface area contributed by atoms with E-state index in [1.54, 1.807) is 0 Å². The highest BCUT2D eigenvalue weighted by molar-refractivity contribution is 5.66. The summed E-state index contributed by atoms with van der Waals surface area (Å²) in [5.41, 5.74) is 0. The van der Waals surface area contributed by atoms with Gasteiger partial charge in [-0.25, -0.2) is 0 Å². The van der Waals surface area contributed by atoms with Crippen molar-refractivity contribution in [1.82, 2.24) is 0 Å². The number of hydrogen-bond donors (Lipinski definition) is 4. The van der Waals surface area contributed by atoms with E-state index < -0.39 is 11.9 Å². The molecule has 6 nitrogen and oxygen atoms in total. The van der Waals surface area contributed by atoms with Crippen molar-refractivity contribution >= 4 is 11.9 Å². The maximum absolute atomic E-state index is 10.3. The van der Waals surface area contributed by atoms with Gasteiger partial charge in [0.25, 0.3) is 0 Å². The number of aliphatic carboxylic acids is 2. The van der Waals surface area contributed by atoms with E-state index in [4.69, 9.17) is 20.4 Å². The summed E-state index contributed by atoms with van der Waals surface area (Å²) in [6.45, 7) is 4.73. The van der Waals surface area contributed by atoms with Crippen molar-refractivity contribution in [2.75, 3.05) is 13.2 Å². The van der Waals surface area contributed by atoms with Crippen LogP contribution in [0.15, 0.2) is 0 Å². The van der Waals surface area contributed by atoms with Crippen LogP contribution >= 0.6 is 0 Å². The molecule has 0 spiro atoms. The van der Waals surface area contributed by atoms with E-state index in [-0.39, 0.29) is 13.2 Å². The zero-order valence-electron chi connectivity index (χ0n) is 30.4. The van der Waals surface area contributed by atoms with Crippen molar-refractivity contribution in [3.05, 3.63) is 0 Å². The first-order valence-corrected chi connectivity index (χ1v) is 19.6. The lowest BCUT2D eigenvalue weighted by Gasteiger charge is -2.03. The minimum Gasteiger partial charge on any atom is -0.481 e. The van der Waals surface area contributed by atoms with Gasteiger partial charge in [-0.3, -0.25) is 9.59 Å². The Labute approximate surface area is 280 Å². The van der Waals surface area contributed by atoms with Crippen molar-refractivity contribution in [1.29, 1.82) is 0 Å². The minimum absolute atomic E-state index is 0.0938. The molecule has 0 aliphatic heterocycles. The van der Waals surface area contributed by atoms with Crippen molar-refractivity contribution in [3.8, 4) is 0 Å². The summed E-state index contributed by atoms with van der Waals surface area (Å²) in [5.74, 6) is -1.31. The van der Waals surface area contributed by atoms with Crippen molar-refractivity contribution < 1.29 is 30.0 Å². The van der Waals surface area contributed by atoms with E-state index in [1.165, 1.54) is 167 Å². The Morgan fingerprint density at radius 3 is 0.622 bits per heavy atom. The third kappa shape index (κ3) is 58.9. The van der Waals surface area contributed by atoms with Crippen molar-refractivity contribution in [2.24, 2.45) is 0 Å². The van der Waals surface area contributed by atoms with Gasteiger partial charge in [-0.05, 0) is 19.3 Å². The zero-order valence-corrected chi connectivity index (χ0v) is 30.4. The van der Waals surface area contributed by atoms with Crippen molar-refractivity contribution in [3.63, 3.8) is 0 Å². The van der Waals surface area contributed by atoms with Crippen LogP contribution in [0.5, 0.6) is 0 Å². The first-order valence-electron chi connectivity index (χ1n) is 19.6. The molecule has 0 aliphatic rings. The van der Waals surface area contributed by atoms with Gasteiger partial charge < -0.3 is 20.4 Å². The summed E-state index contributed by atoms with van der Waals surface area (Å²) in [5, 5.41) is 32.8. The highest BCUT2D eigenvalue weighted by Gasteiger charge is 1.98. The van der Waals surface area contributed by atoms with Gasteiger partial charge in [-0.1, -0.05) is 194 Å². The smallest absolute Gasteiger partial charge is 0.303 e. The molecule has 0 heterocycles. The number of aliphatic hydroxyl groups is 2. The highest BCUT2D eigenvalue weighted by Crippen LogP contribution is 2.15. The molecule has 0 unspecified atom stereocenters. The fraction of sp³-hybridized carbons (Fsp3) is 0.949. The van der Waals surface area contributed by atoms with Crippen LogP contribution in [0.1, 0.15) is 226 Å². The largest absolute Gasteiger partial charge is 0.481 e. The summed E-state index contributed by atoms with van der Waals surface area (Å²) in [6.07, 6.45) is 40.9. The number of unbranched alkanes of at least 4 members (excludes halogenated alkanes) is 28. The van der Waals surface area contributed by atoms with Gasteiger partial charge in [0.1, 0.15) is 0 Å². The molecule has 0 aromatic rings. The Hall–Kier alpha value is -1.14. The molecule has 0 atom stereocenters. The Balaban J connectivity index is -0.000000680. The summed E-state index contributed by atoms with van der Waals surface area (Å²) in [6, 6.07) is 0. The van der Waals surface area contributed by atoms with E-state index in [0.717, 1.165) is 25.7 Å². The molecule has 45 heavy (non-hydrogen) atoms. The summed E-state index contributed by atoms with van der Waals surface area (Å²) in [7, 11) is 0. The third-order valence-electron chi connectivity index (χ3n) is 8.30. The monoisotopic (exact) mass is 645 g/mol. The molecule has 0 saturated carbocycles. The molecule has 0 bridgehead atoms. The van der Waals surface area contributed by atoms with Crippen LogP contribution in [-0.2, 0) is 9.59 Å². The lowest BCUT2D eigenvalue weighted by molar-refractivity contribution is -0.138. The van der Waals surface area contributed by atoms with Crippen LogP contribution in [0.4, 0.5) is 0 Å². The average molecular weight is 645 g/mol. The SMILES string of the molecule is CCCCCCCCCCCCCCCCCC(=O)O.CCCCCCCCCCCCCCCCCC(=O)O.OCCCO. The molecule has 0 radical (unpaired) electrons. The number of carboxylic acids is 2. The van der Waals surface area contributed by atoms with Gasteiger partial charge in [0.2, 0.25) is 0 Å². The molecule has 0 saturated heterocycles. The predicted octanol–water partition coefficient (Wildman–Crippen LogP) is 12.0. The summed E-state index contributed by atoms with van der Waals surface area (Å²) in [4.78, 5) is 20.7. The summed E-state index contributed by atoms with van der Waals surface area (Å²) < 4.78 is 0. The quantitative estimate of drug-likeness (QED) is 0.0518.